The van der Waals surface area contributed by atoms with Crippen LogP contribution in [0.25, 0.3) is 0 Å². The highest BCUT2D eigenvalue weighted by molar-refractivity contribution is 5.26. The Morgan fingerprint density at radius 2 is 2.09 bits per heavy atom. The summed E-state index contributed by atoms with van der Waals surface area (Å²) in [6.45, 7) is 2.04. The number of likely N-dealkylation sites (N-methyl/N-ethyl adjacent to an activating group) is 1. The lowest BCUT2D eigenvalue weighted by molar-refractivity contribution is 0.131. The predicted octanol–water partition coefficient (Wildman–Crippen LogP) is 1.89. The van der Waals surface area contributed by atoms with Crippen molar-refractivity contribution in [2.75, 3.05) is 7.05 Å². The summed E-state index contributed by atoms with van der Waals surface area (Å²) in [6, 6.07) is 0.269. The zero-order valence-electron chi connectivity index (χ0n) is 7.17. The van der Waals surface area contributed by atoms with Crippen molar-refractivity contribution in [2.45, 2.75) is 32.2 Å². The number of hydrogen-bond donors (Lipinski definition) is 1. The number of aliphatic hydroxyl groups excluding tert-OH is 1. The van der Waals surface area contributed by atoms with Gasteiger partial charge in [0, 0.05) is 13.0 Å². The molecule has 0 bridgehead atoms. The van der Waals surface area contributed by atoms with Gasteiger partial charge in [0.25, 0.3) is 0 Å². The van der Waals surface area contributed by atoms with E-state index in [0.717, 1.165) is 0 Å². The van der Waals surface area contributed by atoms with Crippen LogP contribution in [0, 0.1) is 5.92 Å². The summed E-state index contributed by atoms with van der Waals surface area (Å²) >= 11 is 0. The molecule has 0 radical (unpaired) electrons. The van der Waals surface area contributed by atoms with Gasteiger partial charge in [-0.1, -0.05) is 6.42 Å². The van der Waals surface area contributed by atoms with Crippen LogP contribution in [0.4, 0.5) is 0 Å². The van der Waals surface area contributed by atoms with E-state index in [1.54, 1.807) is 0 Å². The molecule has 11 heavy (non-hydrogen) atoms. The van der Waals surface area contributed by atoms with Crippen LogP contribution in [0.3, 0.4) is 0 Å². The average Bonchev–Trinajstić information content (AvgIpc) is 1.94. The molecule has 1 fully saturated rings. The number of rotatable bonds is 1. The lowest BCUT2D eigenvalue weighted by Gasteiger charge is -2.45. The van der Waals surface area contributed by atoms with Gasteiger partial charge in [0.1, 0.15) is 5.76 Å². The van der Waals surface area contributed by atoms with E-state index in [9.17, 15) is 5.11 Å². The maximum Gasteiger partial charge on any atom is 0.134 e. The van der Waals surface area contributed by atoms with E-state index in [1.165, 1.54) is 25.0 Å². The molecule has 0 spiro atoms. The second-order valence-electron chi connectivity index (χ2n) is 3.69. The van der Waals surface area contributed by atoms with Gasteiger partial charge in [-0.2, -0.15) is 0 Å². The van der Waals surface area contributed by atoms with Gasteiger partial charge in [0.05, 0.1) is 11.7 Å². The highest BCUT2D eigenvalue weighted by Crippen LogP contribution is 2.42. The third-order valence-corrected chi connectivity index (χ3v) is 3.11. The number of allylic oxidation sites excluding steroid dienone is 1. The molecule has 2 heteroatoms. The van der Waals surface area contributed by atoms with Gasteiger partial charge in [-0.05, 0) is 19.8 Å². The Balaban J connectivity index is 2.13. The summed E-state index contributed by atoms with van der Waals surface area (Å²) in [5.41, 5.74) is 1.21. The van der Waals surface area contributed by atoms with Gasteiger partial charge < -0.3 is 10.0 Å². The van der Waals surface area contributed by atoms with Crippen LogP contribution in [0.2, 0.25) is 0 Å². The van der Waals surface area contributed by atoms with Gasteiger partial charge in [-0.25, -0.2) is 0 Å². The Bertz CT molecular complexity index is 206. The molecule has 0 aromatic heterocycles. The molecule has 0 aromatic carbocycles. The third kappa shape index (κ3) is 0.784. The summed E-state index contributed by atoms with van der Waals surface area (Å²) in [5.74, 6) is 1.31. The molecule has 1 unspecified atom stereocenters. The summed E-state index contributed by atoms with van der Waals surface area (Å²) < 4.78 is 0. The first-order chi connectivity index (χ1) is 5.22. The zero-order valence-corrected chi connectivity index (χ0v) is 7.17. The van der Waals surface area contributed by atoms with Crippen LogP contribution in [-0.2, 0) is 0 Å². The summed E-state index contributed by atoms with van der Waals surface area (Å²) in [4.78, 5) is 2.19. The molecule has 1 heterocycles. The summed E-state index contributed by atoms with van der Waals surface area (Å²) in [6.07, 6.45) is 3.89. The van der Waals surface area contributed by atoms with Crippen molar-refractivity contribution in [1.29, 1.82) is 0 Å². The highest BCUT2D eigenvalue weighted by Gasteiger charge is 2.38. The average molecular weight is 153 g/mol. The fourth-order valence-electron chi connectivity index (χ4n) is 1.90. The van der Waals surface area contributed by atoms with Crippen LogP contribution < -0.4 is 0 Å². The third-order valence-electron chi connectivity index (χ3n) is 3.11. The van der Waals surface area contributed by atoms with Crippen molar-refractivity contribution in [1.82, 2.24) is 4.90 Å². The second kappa shape index (κ2) is 2.16. The van der Waals surface area contributed by atoms with Crippen molar-refractivity contribution in [2.24, 2.45) is 5.92 Å². The standard InChI is InChI=1S/C9H15NO/c1-6-9(11)8(10(6)2)7-4-3-5-7/h6-7,11H,3-5H2,1-2H3. The van der Waals surface area contributed by atoms with E-state index < -0.39 is 0 Å². The van der Waals surface area contributed by atoms with Gasteiger partial charge in [-0.15, -0.1) is 0 Å². The van der Waals surface area contributed by atoms with E-state index >= 15 is 0 Å². The SMILES string of the molecule is CC1C(O)=C(C2CCC2)N1C. The minimum atomic E-state index is 0.269. The minimum Gasteiger partial charge on any atom is -0.508 e. The van der Waals surface area contributed by atoms with E-state index in [4.69, 9.17) is 0 Å². The smallest absolute Gasteiger partial charge is 0.134 e. The van der Waals surface area contributed by atoms with Crippen LogP contribution in [-0.4, -0.2) is 23.1 Å². The predicted molar refractivity (Wildman–Crippen MR) is 44.2 cm³/mol. The molecule has 0 aromatic rings. The molecule has 1 saturated carbocycles. The molecule has 0 amide bonds. The Morgan fingerprint density at radius 3 is 2.45 bits per heavy atom. The molecule has 1 aliphatic carbocycles. The Kier molecular flexibility index (Phi) is 1.38. The van der Waals surface area contributed by atoms with Crippen molar-refractivity contribution < 1.29 is 5.11 Å². The molecule has 2 rings (SSSR count). The van der Waals surface area contributed by atoms with Crippen molar-refractivity contribution in [3.05, 3.63) is 11.5 Å². The van der Waals surface area contributed by atoms with Gasteiger partial charge >= 0.3 is 0 Å². The van der Waals surface area contributed by atoms with Crippen LogP contribution in [0.5, 0.6) is 0 Å². The fraction of sp³-hybridized carbons (Fsp3) is 0.778. The fourth-order valence-corrected chi connectivity index (χ4v) is 1.90. The number of hydrogen-bond acceptors (Lipinski definition) is 2. The van der Waals surface area contributed by atoms with E-state index in [-0.39, 0.29) is 6.04 Å². The quantitative estimate of drug-likeness (QED) is 0.621. The zero-order chi connectivity index (χ0) is 8.01. The first-order valence-electron chi connectivity index (χ1n) is 4.37. The molecular weight excluding hydrogens is 138 g/mol. The van der Waals surface area contributed by atoms with Gasteiger partial charge in [0.2, 0.25) is 0 Å². The molecular formula is C9H15NO. The lowest BCUT2D eigenvalue weighted by atomic mass is 9.78. The highest BCUT2D eigenvalue weighted by atomic mass is 16.3. The topological polar surface area (TPSA) is 23.5 Å². The summed E-state index contributed by atoms with van der Waals surface area (Å²) in [7, 11) is 2.07. The minimum absolute atomic E-state index is 0.269. The lowest BCUT2D eigenvalue weighted by Crippen LogP contribution is -2.45. The molecule has 1 N–H and O–H groups in total. The summed E-state index contributed by atoms with van der Waals surface area (Å²) in [5, 5.41) is 9.52. The number of aliphatic hydroxyl groups is 1. The maximum atomic E-state index is 9.52. The molecule has 2 nitrogen and oxygen atoms in total. The van der Waals surface area contributed by atoms with Gasteiger partial charge in [0.15, 0.2) is 0 Å². The molecule has 62 valence electrons. The van der Waals surface area contributed by atoms with E-state index in [1.807, 2.05) is 6.92 Å². The van der Waals surface area contributed by atoms with Crippen molar-refractivity contribution >= 4 is 0 Å². The van der Waals surface area contributed by atoms with Crippen LogP contribution in [0.1, 0.15) is 26.2 Å². The molecule has 0 saturated heterocycles. The monoisotopic (exact) mass is 153 g/mol. The molecule has 1 aliphatic heterocycles. The van der Waals surface area contributed by atoms with Crippen molar-refractivity contribution in [3.8, 4) is 0 Å². The van der Waals surface area contributed by atoms with Crippen LogP contribution >= 0.6 is 0 Å². The largest absolute Gasteiger partial charge is 0.508 e. The van der Waals surface area contributed by atoms with Crippen molar-refractivity contribution in [3.63, 3.8) is 0 Å². The Morgan fingerprint density at radius 1 is 1.45 bits per heavy atom. The number of nitrogens with zero attached hydrogens (tertiary/aromatic N) is 1. The molecule has 2 aliphatic rings. The van der Waals surface area contributed by atoms with Gasteiger partial charge in [-0.3, -0.25) is 0 Å². The first kappa shape index (κ1) is 7.01. The molecule has 1 atom stereocenters. The first-order valence-corrected chi connectivity index (χ1v) is 4.37. The normalized spacial score (nSPS) is 31.8. The maximum absolute atomic E-state index is 9.52. The van der Waals surface area contributed by atoms with Crippen LogP contribution in [0.15, 0.2) is 11.5 Å². The van der Waals surface area contributed by atoms with E-state index in [2.05, 4.69) is 11.9 Å². The Hall–Kier alpha value is -0.660. The van der Waals surface area contributed by atoms with E-state index in [0.29, 0.717) is 11.7 Å². The Labute approximate surface area is 67.5 Å². The second-order valence-corrected chi connectivity index (χ2v) is 3.69.